The third-order valence-corrected chi connectivity index (χ3v) is 5.00. The highest BCUT2D eigenvalue weighted by Gasteiger charge is 2.23. The molecule has 0 atom stereocenters. The Balaban J connectivity index is 1.43. The maximum absolute atomic E-state index is 12.2. The molecule has 0 saturated carbocycles. The zero-order chi connectivity index (χ0) is 18.5. The first-order valence-corrected chi connectivity index (χ1v) is 9.02. The second-order valence-electron chi connectivity index (χ2n) is 6.32. The summed E-state index contributed by atoms with van der Waals surface area (Å²) in [5, 5.41) is 3.55. The molecule has 3 rings (SSSR count). The molecule has 1 aliphatic heterocycles. The molecule has 6 nitrogen and oxygen atoms in total. The summed E-state index contributed by atoms with van der Waals surface area (Å²) in [6.07, 6.45) is 1.90. The Morgan fingerprint density at radius 3 is 2.62 bits per heavy atom. The smallest absolute Gasteiger partial charge is 0.289 e. The average Bonchev–Trinajstić information content (AvgIpc) is 3.18. The van der Waals surface area contributed by atoms with E-state index in [9.17, 15) is 9.59 Å². The molecule has 2 amide bonds. The van der Waals surface area contributed by atoms with Crippen LogP contribution < -0.4 is 5.32 Å². The first-order valence-electron chi connectivity index (χ1n) is 8.64. The van der Waals surface area contributed by atoms with Crippen molar-refractivity contribution in [2.75, 3.05) is 38.0 Å². The van der Waals surface area contributed by atoms with E-state index in [1.807, 2.05) is 19.1 Å². The molecular weight excluding hydrogens is 354 g/mol. The lowest BCUT2D eigenvalue weighted by atomic mass is 10.2. The number of rotatable bonds is 5. The largest absolute Gasteiger partial charge is 0.459 e. The SMILES string of the molecule is Cc1c(Cl)cccc1NC(=O)CCN1CCN(C(=O)c2ccco2)CC1. The number of hydrogen-bond donors (Lipinski definition) is 1. The molecule has 2 aromatic rings. The maximum Gasteiger partial charge on any atom is 0.289 e. The monoisotopic (exact) mass is 375 g/mol. The summed E-state index contributed by atoms with van der Waals surface area (Å²) in [5.41, 5.74) is 1.61. The third kappa shape index (κ3) is 4.45. The number of benzene rings is 1. The van der Waals surface area contributed by atoms with Crippen molar-refractivity contribution >= 4 is 29.1 Å². The highest BCUT2D eigenvalue weighted by molar-refractivity contribution is 6.31. The standard InChI is InChI=1S/C19H22ClN3O3/c1-14-15(20)4-2-5-16(14)21-18(24)7-8-22-9-11-23(12-10-22)19(25)17-6-3-13-26-17/h2-6,13H,7-12H2,1H3,(H,21,24). The van der Waals surface area contributed by atoms with E-state index < -0.39 is 0 Å². The van der Waals surface area contributed by atoms with Crippen molar-refractivity contribution in [1.82, 2.24) is 9.80 Å². The van der Waals surface area contributed by atoms with Crippen LogP contribution in [0.2, 0.25) is 5.02 Å². The quantitative estimate of drug-likeness (QED) is 0.872. The average molecular weight is 376 g/mol. The lowest BCUT2D eigenvalue weighted by Gasteiger charge is -2.34. The highest BCUT2D eigenvalue weighted by atomic mass is 35.5. The van der Waals surface area contributed by atoms with E-state index in [1.54, 1.807) is 23.1 Å². The third-order valence-electron chi connectivity index (χ3n) is 4.59. The second-order valence-corrected chi connectivity index (χ2v) is 6.73. The number of hydrogen-bond acceptors (Lipinski definition) is 4. The molecule has 138 valence electrons. The van der Waals surface area contributed by atoms with Crippen LogP contribution in [-0.2, 0) is 4.79 Å². The van der Waals surface area contributed by atoms with Gasteiger partial charge in [0, 0.05) is 49.9 Å². The normalized spacial score (nSPS) is 15.1. The van der Waals surface area contributed by atoms with Gasteiger partial charge in [-0.2, -0.15) is 0 Å². The van der Waals surface area contributed by atoms with E-state index in [-0.39, 0.29) is 11.8 Å². The summed E-state index contributed by atoms with van der Waals surface area (Å²) >= 11 is 6.07. The fourth-order valence-corrected chi connectivity index (χ4v) is 3.12. The minimum absolute atomic E-state index is 0.0375. The fraction of sp³-hybridized carbons (Fsp3) is 0.368. The van der Waals surface area contributed by atoms with Gasteiger partial charge >= 0.3 is 0 Å². The van der Waals surface area contributed by atoms with Crippen molar-refractivity contribution in [3.8, 4) is 0 Å². The molecule has 1 fully saturated rings. The lowest BCUT2D eigenvalue weighted by Crippen LogP contribution is -2.49. The molecule has 0 spiro atoms. The predicted octanol–water partition coefficient (Wildman–Crippen LogP) is 3.03. The molecule has 0 aliphatic carbocycles. The molecule has 7 heteroatoms. The van der Waals surface area contributed by atoms with Crippen LogP contribution in [0.3, 0.4) is 0 Å². The van der Waals surface area contributed by atoms with Crippen molar-refractivity contribution in [1.29, 1.82) is 0 Å². The van der Waals surface area contributed by atoms with E-state index in [0.29, 0.717) is 36.8 Å². The van der Waals surface area contributed by atoms with E-state index in [4.69, 9.17) is 16.0 Å². The van der Waals surface area contributed by atoms with Gasteiger partial charge in [-0.25, -0.2) is 0 Å². The summed E-state index contributed by atoms with van der Waals surface area (Å²) in [6.45, 7) is 5.30. The maximum atomic E-state index is 12.2. The number of carbonyl (C=O) groups excluding carboxylic acids is 2. The predicted molar refractivity (Wildman–Crippen MR) is 100 cm³/mol. The number of anilines is 1. The zero-order valence-electron chi connectivity index (χ0n) is 14.7. The van der Waals surface area contributed by atoms with E-state index in [0.717, 1.165) is 24.3 Å². The highest BCUT2D eigenvalue weighted by Crippen LogP contribution is 2.23. The number of furan rings is 1. The number of piperazine rings is 1. The Hall–Kier alpha value is -2.31. The Morgan fingerprint density at radius 1 is 1.15 bits per heavy atom. The van der Waals surface area contributed by atoms with Gasteiger partial charge in [-0.1, -0.05) is 17.7 Å². The first kappa shape index (κ1) is 18.5. The molecule has 0 radical (unpaired) electrons. The van der Waals surface area contributed by atoms with Gasteiger partial charge in [0.25, 0.3) is 5.91 Å². The summed E-state index contributed by atoms with van der Waals surface area (Å²) in [4.78, 5) is 28.4. The summed E-state index contributed by atoms with van der Waals surface area (Å²) in [6, 6.07) is 8.86. The number of nitrogens with zero attached hydrogens (tertiary/aromatic N) is 2. The molecule has 0 unspecified atom stereocenters. The van der Waals surface area contributed by atoms with Crippen LogP contribution in [0.4, 0.5) is 5.69 Å². The van der Waals surface area contributed by atoms with Crippen molar-refractivity contribution in [2.24, 2.45) is 0 Å². The van der Waals surface area contributed by atoms with Gasteiger partial charge < -0.3 is 14.6 Å². The van der Waals surface area contributed by atoms with Gasteiger partial charge in [-0.05, 0) is 36.8 Å². The Bertz CT molecular complexity index is 768. The van der Waals surface area contributed by atoms with Gasteiger partial charge in [0.15, 0.2) is 5.76 Å². The summed E-state index contributed by atoms with van der Waals surface area (Å²) < 4.78 is 5.16. The van der Waals surface area contributed by atoms with Crippen LogP contribution in [0, 0.1) is 6.92 Å². The van der Waals surface area contributed by atoms with E-state index in [2.05, 4.69) is 10.2 Å². The fourth-order valence-electron chi connectivity index (χ4n) is 2.95. The molecule has 1 aromatic heterocycles. The summed E-state index contributed by atoms with van der Waals surface area (Å²) in [7, 11) is 0. The van der Waals surface area contributed by atoms with Crippen LogP contribution in [0.1, 0.15) is 22.5 Å². The molecule has 0 bridgehead atoms. The van der Waals surface area contributed by atoms with Crippen LogP contribution in [0.25, 0.3) is 0 Å². The lowest BCUT2D eigenvalue weighted by molar-refractivity contribution is -0.116. The number of carbonyl (C=O) groups is 2. The Morgan fingerprint density at radius 2 is 1.92 bits per heavy atom. The minimum atomic E-state index is -0.0798. The molecule has 2 heterocycles. The molecule has 1 aromatic carbocycles. The van der Waals surface area contributed by atoms with Gasteiger partial charge in [0.1, 0.15) is 0 Å². The van der Waals surface area contributed by atoms with E-state index >= 15 is 0 Å². The van der Waals surface area contributed by atoms with Crippen molar-refractivity contribution in [3.05, 3.63) is 52.9 Å². The molecule has 1 aliphatic rings. The van der Waals surface area contributed by atoms with Gasteiger partial charge in [-0.3, -0.25) is 14.5 Å². The Labute approximate surface area is 157 Å². The molecular formula is C19H22ClN3O3. The van der Waals surface area contributed by atoms with Crippen LogP contribution in [-0.4, -0.2) is 54.3 Å². The summed E-state index contributed by atoms with van der Waals surface area (Å²) in [5.74, 6) is 0.253. The first-order chi connectivity index (χ1) is 12.5. The van der Waals surface area contributed by atoms with Crippen LogP contribution in [0.15, 0.2) is 41.0 Å². The van der Waals surface area contributed by atoms with Gasteiger partial charge in [0.2, 0.25) is 5.91 Å². The molecule has 1 N–H and O–H groups in total. The number of halogens is 1. The zero-order valence-corrected chi connectivity index (χ0v) is 15.5. The molecule has 26 heavy (non-hydrogen) atoms. The molecule has 1 saturated heterocycles. The topological polar surface area (TPSA) is 65.8 Å². The van der Waals surface area contributed by atoms with Gasteiger partial charge in [-0.15, -0.1) is 0 Å². The van der Waals surface area contributed by atoms with E-state index in [1.165, 1.54) is 6.26 Å². The van der Waals surface area contributed by atoms with Crippen molar-refractivity contribution in [2.45, 2.75) is 13.3 Å². The van der Waals surface area contributed by atoms with Crippen molar-refractivity contribution in [3.63, 3.8) is 0 Å². The minimum Gasteiger partial charge on any atom is -0.459 e. The second kappa shape index (κ2) is 8.38. The Kier molecular flexibility index (Phi) is 5.96. The van der Waals surface area contributed by atoms with Gasteiger partial charge in [0.05, 0.1) is 6.26 Å². The number of nitrogens with one attached hydrogen (secondary N) is 1. The van der Waals surface area contributed by atoms with Crippen LogP contribution >= 0.6 is 11.6 Å². The van der Waals surface area contributed by atoms with Crippen LogP contribution in [0.5, 0.6) is 0 Å². The number of amides is 2. The van der Waals surface area contributed by atoms with Crippen molar-refractivity contribution < 1.29 is 14.0 Å².